The lowest BCUT2D eigenvalue weighted by Gasteiger charge is -2.34. The van der Waals surface area contributed by atoms with Gasteiger partial charge < -0.3 is 20.1 Å². The third-order valence-electron chi connectivity index (χ3n) is 5.19. The normalized spacial score (nSPS) is 15.8. The van der Waals surface area contributed by atoms with Crippen molar-refractivity contribution in [2.45, 2.75) is 93.2 Å². The van der Waals surface area contributed by atoms with E-state index in [1.807, 2.05) is 0 Å². The lowest BCUT2D eigenvalue weighted by molar-refractivity contribution is -0.398. The Bertz CT molecular complexity index is 1090. The van der Waals surface area contributed by atoms with Gasteiger partial charge in [0.25, 0.3) is 0 Å². The van der Waals surface area contributed by atoms with E-state index in [9.17, 15) is 88.6 Å². The number of carbonyl (C=O) groups excluding carboxylic acids is 1. The van der Waals surface area contributed by atoms with Gasteiger partial charge >= 0.3 is 59.8 Å². The van der Waals surface area contributed by atoms with E-state index >= 15 is 0 Å². The van der Waals surface area contributed by atoms with Crippen LogP contribution in [0.2, 0.25) is 0 Å². The molecule has 0 aliphatic rings. The first-order valence-corrected chi connectivity index (χ1v) is 11.4. The van der Waals surface area contributed by atoms with Gasteiger partial charge in [0.1, 0.15) is 6.61 Å². The number of alkyl halides is 18. The van der Waals surface area contributed by atoms with Crippen LogP contribution in [0.1, 0.15) is 33.1 Å². The van der Waals surface area contributed by atoms with Crippen LogP contribution in [0.25, 0.3) is 0 Å². The van der Waals surface area contributed by atoms with Gasteiger partial charge in [0.15, 0.2) is 0 Å². The molecular weight excluding hydrogens is 702 g/mol. The van der Waals surface area contributed by atoms with Crippen molar-refractivity contribution in [1.29, 1.82) is 0 Å². The Morgan fingerprint density at radius 1 is 0.652 bits per heavy atom. The van der Waals surface area contributed by atoms with Crippen LogP contribution in [0.4, 0.5) is 79.0 Å². The lowest BCUT2D eigenvalue weighted by atomic mass is 9.97. The van der Waals surface area contributed by atoms with Crippen LogP contribution in [0.15, 0.2) is 23.8 Å². The Morgan fingerprint density at radius 2 is 0.978 bits per heavy atom. The predicted molar refractivity (Wildman–Crippen MR) is 115 cm³/mol. The third kappa shape index (κ3) is 10.6. The molecule has 0 heterocycles. The summed E-state index contributed by atoms with van der Waals surface area (Å²) in [6.07, 6.45) is -24.2. The summed E-state index contributed by atoms with van der Waals surface area (Å²) in [5.41, 5.74) is -0.724. The summed E-state index contributed by atoms with van der Waals surface area (Å²) in [4.78, 5) is 21.2. The van der Waals surface area contributed by atoms with Crippen LogP contribution in [-0.2, 0) is 14.3 Å². The van der Waals surface area contributed by atoms with E-state index in [1.54, 1.807) is 0 Å². The van der Waals surface area contributed by atoms with Crippen molar-refractivity contribution in [2.75, 3.05) is 6.61 Å². The Labute approximate surface area is 245 Å². The van der Waals surface area contributed by atoms with Crippen LogP contribution < -0.4 is 0 Å². The molecule has 46 heavy (non-hydrogen) atoms. The van der Waals surface area contributed by atoms with E-state index < -0.39 is 103 Å². The molecule has 24 heteroatoms. The number of hydrogen-bond donors (Lipinski definition) is 3. The summed E-state index contributed by atoms with van der Waals surface area (Å²) >= 11 is 0. The van der Waals surface area contributed by atoms with Crippen LogP contribution in [0, 0.1) is 0 Å². The summed E-state index contributed by atoms with van der Waals surface area (Å²) in [5, 5.41) is 26.5. The standard InChI is InChI=1S/2C11H11F9O3/c1-5(2)7(22)23-4-6(21)3-8(12,13)9(14,15)10(16,17)11(18,19)20;1-5(7(22)23)2-3-6(21)4-8(12,13)9(14,15)10(16,17)11(18,19)20/h6,21H,1,3-4H2,2H3;2,6,21H,3-4H2,1H3,(H,22,23). The molecular formula is C22H22F18O6. The number of hydrogen-bond acceptors (Lipinski definition) is 5. The second-order valence-corrected chi connectivity index (χ2v) is 9.22. The Hall–Kier alpha value is -2.92. The van der Waals surface area contributed by atoms with Gasteiger partial charge in [-0.1, -0.05) is 12.7 Å². The second-order valence-electron chi connectivity index (χ2n) is 9.22. The molecule has 0 bridgehead atoms. The fourth-order valence-electron chi connectivity index (χ4n) is 2.50. The van der Waals surface area contributed by atoms with Gasteiger partial charge in [-0.15, -0.1) is 0 Å². The van der Waals surface area contributed by atoms with Crippen LogP contribution in [0.3, 0.4) is 0 Å². The molecule has 0 aliphatic carbocycles. The minimum absolute atomic E-state index is 0.252. The molecule has 272 valence electrons. The second kappa shape index (κ2) is 14.9. The Balaban J connectivity index is 0. The molecule has 0 amide bonds. The van der Waals surface area contributed by atoms with Gasteiger partial charge in [-0.05, 0) is 20.3 Å². The molecule has 3 N–H and O–H groups in total. The molecule has 2 atom stereocenters. The number of esters is 1. The molecule has 0 saturated carbocycles. The minimum atomic E-state index is -7.03. The van der Waals surface area contributed by atoms with Gasteiger partial charge in [-0.3, -0.25) is 0 Å². The average molecular weight is 724 g/mol. The largest absolute Gasteiger partial charge is 0.478 e. The SMILES string of the molecule is C=C(C)C(=O)OCC(O)CC(F)(F)C(F)(F)C(F)(F)C(F)(F)F.CC(=CCC(O)CC(F)(F)C(F)(F)C(F)(F)C(F)(F)F)C(=O)O. The van der Waals surface area contributed by atoms with Gasteiger partial charge in [0, 0.05) is 24.0 Å². The number of rotatable bonds is 14. The van der Waals surface area contributed by atoms with Crippen LogP contribution >= 0.6 is 0 Å². The van der Waals surface area contributed by atoms with Crippen molar-refractivity contribution in [3.05, 3.63) is 23.8 Å². The molecule has 2 unspecified atom stereocenters. The maximum atomic E-state index is 13.1. The highest BCUT2D eigenvalue weighted by atomic mass is 19.4. The van der Waals surface area contributed by atoms with Crippen LogP contribution in [0.5, 0.6) is 0 Å². The Morgan fingerprint density at radius 3 is 1.26 bits per heavy atom. The number of carboxylic acid groups (broad SMARTS) is 1. The van der Waals surface area contributed by atoms with Gasteiger partial charge in [0.2, 0.25) is 0 Å². The molecule has 0 aromatic carbocycles. The number of ether oxygens (including phenoxy) is 1. The number of carbonyl (C=O) groups is 2. The molecule has 0 aliphatic heterocycles. The van der Waals surface area contributed by atoms with Crippen LogP contribution in [-0.4, -0.2) is 94.0 Å². The summed E-state index contributed by atoms with van der Waals surface area (Å²) in [6, 6.07) is 0. The first-order chi connectivity index (χ1) is 19.9. The van der Waals surface area contributed by atoms with Crippen molar-refractivity contribution in [3.63, 3.8) is 0 Å². The first-order valence-electron chi connectivity index (χ1n) is 11.4. The monoisotopic (exact) mass is 724 g/mol. The lowest BCUT2D eigenvalue weighted by Crippen LogP contribution is -2.61. The zero-order valence-corrected chi connectivity index (χ0v) is 22.6. The van der Waals surface area contributed by atoms with E-state index in [2.05, 4.69) is 11.3 Å². The van der Waals surface area contributed by atoms with Crippen molar-refractivity contribution >= 4 is 11.9 Å². The summed E-state index contributed by atoms with van der Waals surface area (Å²) in [7, 11) is 0. The minimum Gasteiger partial charge on any atom is -0.478 e. The fourth-order valence-corrected chi connectivity index (χ4v) is 2.50. The molecule has 0 saturated heterocycles. The van der Waals surface area contributed by atoms with E-state index in [0.29, 0.717) is 6.08 Å². The van der Waals surface area contributed by atoms with Crippen molar-refractivity contribution < 1.29 is 109 Å². The highest BCUT2D eigenvalue weighted by molar-refractivity contribution is 5.87. The van der Waals surface area contributed by atoms with Gasteiger partial charge in [-0.25, -0.2) is 9.59 Å². The smallest absolute Gasteiger partial charge is 0.460 e. The number of aliphatic hydroxyl groups excluding tert-OH is 2. The summed E-state index contributed by atoms with van der Waals surface area (Å²) in [5.74, 6) is -42.2. The maximum Gasteiger partial charge on any atom is 0.460 e. The van der Waals surface area contributed by atoms with Crippen molar-refractivity contribution in [2.24, 2.45) is 0 Å². The molecule has 0 fully saturated rings. The fraction of sp³-hybridized carbons (Fsp3) is 0.727. The van der Waals surface area contributed by atoms with E-state index in [0.717, 1.165) is 13.8 Å². The zero-order valence-electron chi connectivity index (χ0n) is 22.6. The molecule has 0 rings (SSSR count). The highest BCUT2D eigenvalue weighted by Gasteiger charge is 2.82. The van der Waals surface area contributed by atoms with Crippen molar-refractivity contribution in [3.8, 4) is 0 Å². The molecule has 0 aromatic heterocycles. The molecule has 0 aromatic rings. The number of halogens is 18. The number of carboxylic acids is 1. The molecule has 6 nitrogen and oxygen atoms in total. The maximum absolute atomic E-state index is 13.1. The van der Waals surface area contributed by atoms with Crippen molar-refractivity contribution in [1.82, 2.24) is 0 Å². The van der Waals surface area contributed by atoms with E-state index in [1.165, 1.54) is 0 Å². The first kappa shape index (κ1) is 45.2. The summed E-state index contributed by atoms with van der Waals surface area (Å²) < 4.78 is 229. The molecule has 0 spiro atoms. The predicted octanol–water partition coefficient (Wildman–Crippen LogP) is 6.95. The number of aliphatic hydroxyl groups is 2. The quantitative estimate of drug-likeness (QED) is 0.102. The average Bonchev–Trinajstić information content (AvgIpc) is 2.83. The topological polar surface area (TPSA) is 104 Å². The zero-order chi connectivity index (χ0) is 37.7. The van der Waals surface area contributed by atoms with Gasteiger partial charge in [0.05, 0.1) is 12.2 Å². The summed E-state index contributed by atoms with van der Waals surface area (Å²) in [6.45, 7) is 3.80. The van der Waals surface area contributed by atoms with Gasteiger partial charge in [-0.2, -0.15) is 79.0 Å². The molecule has 0 radical (unpaired) electrons. The van der Waals surface area contributed by atoms with E-state index in [4.69, 9.17) is 15.3 Å². The number of aliphatic carboxylic acids is 1. The van der Waals surface area contributed by atoms with E-state index in [-0.39, 0.29) is 5.57 Å². The third-order valence-corrected chi connectivity index (χ3v) is 5.19. The highest BCUT2D eigenvalue weighted by Crippen LogP contribution is 2.55. The Kier molecular flexibility index (Phi) is 14.6.